The first-order valence-corrected chi connectivity index (χ1v) is 8.19. The molecule has 0 aromatic rings. The Hall–Kier alpha value is -0.0800. The van der Waals surface area contributed by atoms with Crippen molar-refractivity contribution in [2.24, 2.45) is 0 Å². The summed E-state index contributed by atoms with van der Waals surface area (Å²) in [5.74, 6) is -0.141. The standard InChI is InChI=1S/C10H16INO3S/c1-9(13)6-8-12(16-11)7-4-3-5-10(14)15-2/h3,5H,4,6-8H2,1-2H3/b5-3+. The smallest absolute Gasteiger partial charge is 0.330 e. The van der Waals surface area contributed by atoms with Crippen LogP contribution in [0.3, 0.4) is 0 Å². The van der Waals surface area contributed by atoms with Crippen LogP contribution >= 0.6 is 30.3 Å². The molecule has 0 heterocycles. The second kappa shape index (κ2) is 10.1. The van der Waals surface area contributed by atoms with Gasteiger partial charge in [-0.05, 0) is 22.5 Å². The van der Waals surface area contributed by atoms with Gasteiger partial charge in [-0.15, -0.1) is 0 Å². The van der Waals surface area contributed by atoms with Crippen LogP contribution in [0.2, 0.25) is 0 Å². The van der Waals surface area contributed by atoms with Gasteiger partial charge >= 0.3 is 5.97 Å². The third-order valence-corrected chi connectivity index (χ3v) is 4.04. The predicted molar refractivity (Wildman–Crippen MR) is 74.3 cm³/mol. The second-order valence-electron chi connectivity index (χ2n) is 3.16. The molecule has 0 rings (SSSR count). The van der Waals surface area contributed by atoms with Gasteiger partial charge in [-0.2, -0.15) is 0 Å². The van der Waals surface area contributed by atoms with Crippen LogP contribution in [0.4, 0.5) is 0 Å². The van der Waals surface area contributed by atoms with Crippen molar-refractivity contribution < 1.29 is 14.3 Å². The molecule has 0 radical (unpaired) electrons. The molecule has 0 aromatic carbocycles. The third-order valence-electron chi connectivity index (χ3n) is 1.81. The quantitative estimate of drug-likeness (QED) is 0.289. The number of carbonyl (C=O) groups is 2. The fourth-order valence-corrected chi connectivity index (χ4v) is 2.45. The van der Waals surface area contributed by atoms with E-state index in [1.54, 1.807) is 22.1 Å². The van der Waals surface area contributed by atoms with E-state index in [9.17, 15) is 9.59 Å². The number of hydrogen-bond donors (Lipinski definition) is 0. The summed E-state index contributed by atoms with van der Waals surface area (Å²) < 4.78 is 6.56. The molecule has 0 amide bonds. The second-order valence-corrected chi connectivity index (χ2v) is 5.00. The lowest BCUT2D eigenvalue weighted by Gasteiger charge is -2.15. The molecule has 0 spiro atoms. The van der Waals surface area contributed by atoms with Crippen LogP contribution in [0.15, 0.2) is 12.2 Å². The summed E-state index contributed by atoms with van der Waals surface area (Å²) >= 11 is 2.18. The van der Waals surface area contributed by atoms with E-state index in [0.29, 0.717) is 6.42 Å². The van der Waals surface area contributed by atoms with Gasteiger partial charge in [-0.1, -0.05) is 6.08 Å². The van der Waals surface area contributed by atoms with Gasteiger partial charge < -0.3 is 4.74 Å². The van der Waals surface area contributed by atoms with Crippen molar-refractivity contribution in [2.75, 3.05) is 20.2 Å². The molecule has 0 atom stereocenters. The minimum absolute atomic E-state index is 0.195. The normalized spacial score (nSPS) is 11.0. The molecule has 0 N–H and O–H groups in total. The lowest BCUT2D eigenvalue weighted by molar-refractivity contribution is -0.134. The van der Waals surface area contributed by atoms with Gasteiger partial charge in [0.2, 0.25) is 0 Å². The molecular formula is C10H16INO3S. The largest absolute Gasteiger partial charge is 0.466 e. The summed E-state index contributed by atoms with van der Waals surface area (Å²) in [5, 5.41) is 0. The molecule has 0 aliphatic heterocycles. The van der Waals surface area contributed by atoms with E-state index in [0.717, 1.165) is 19.5 Å². The molecule has 4 nitrogen and oxygen atoms in total. The van der Waals surface area contributed by atoms with E-state index in [4.69, 9.17) is 0 Å². The molecule has 0 unspecified atom stereocenters. The highest BCUT2D eigenvalue weighted by Crippen LogP contribution is 2.18. The van der Waals surface area contributed by atoms with Crippen LogP contribution in [-0.2, 0) is 14.3 Å². The summed E-state index contributed by atoms with van der Waals surface area (Å²) in [7, 11) is 2.93. The van der Waals surface area contributed by atoms with Crippen LogP contribution in [0.25, 0.3) is 0 Å². The van der Waals surface area contributed by atoms with Crippen LogP contribution in [0.5, 0.6) is 0 Å². The molecule has 16 heavy (non-hydrogen) atoms. The summed E-state index contributed by atoms with van der Waals surface area (Å²) in [6.45, 7) is 3.15. The molecule has 0 aliphatic rings. The molecule has 0 bridgehead atoms. The van der Waals surface area contributed by atoms with Gasteiger partial charge in [-0.3, -0.25) is 4.79 Å². The van der Waals surface area contributed by atoms with Crippen LogP contribution < -0.4 is 0 Å². The Balaban J connectivity index is 3.74. The third kappa shape index (κ3) is 9.17. The molecule has 0 fully saturated rings. The number of carbonyl (C=O) groups excluding carboxylic acids is 2. The Kier molecular flexibility index (Phi) is 10.0. The molecule has 6 heteroatoms. The summed E-state index contributed by atoms with van der Waals surface area (Å²) in [5.41, 5.74) is 0. The van der Waals surface area contributed by atoms with Crippen molar-refractivity contribution in [3.63, 3.8) is 0 Å². The number of nitrogens with zero attached hydrogens (tertiary/aromatic N) is 1. The van der Waals surface area contributed by atoms with Gasteiger partial charge in [0.05, 0.1) is 7.11 Å². The number of Topliss-reactive ketones (excluding diaryl/α,β-unsaturated/α-hetero) is 1. The number of esters is 1. The highest BCUT2D eigenvalue weighted by Gasteiger charge is 2.04. The molecule has 0 aliphatic carbocycles. The maximum absolute atomic E-state index is 10.8. The topological polar surface area (TPSA) is 46.6 Å². The number of hydrogen-bond acceptors (Lipinski definition) is 5. The Bertz CT molecular complexity index is 258. The lowest BCUT2D eigenvalue weighted by Crippen LogP contribution is -2.18. The fraction of sp³-hybridized carbons (Fsp3) is 0.600. The Morgan fingerprint density at radius 3 is 2.62 bits per heavy atom. The lowest BCUT2D eigenvalue weighted by atomic mass is 10.3. The number of rotatable bonds is 8. The predicted octanol–water partition coefficient (Wildman–Crippen LogP) is 2.39. The average molecular weight is 357 g/mol. The van der Waals surface area contributed by atoms with Crippen molar-refractivity contribution >= 4 is 42.1 Å². The maximum Gasteiger partial charge on any atom is 0.330 e. The first kappa shape index (κ1) is 15.9. The molecule has 0 saturated heterocycles. The van der Waals surface area contributed by atoms with Gasteiger partial charge in [0.1, 0.15) is 5.78 Å². The summed E-state index contributed by atoms with van der Waals surface area (Å²) in [6, 6.07) is 0. The van der Waals surface area contributed by atoms with Crippen molar-refractivity contribution in [2.45, 2.75) is 19.8 Å². The maximum atomic E-state index is 10.8. The number of ketones is 1. The van der Waals surface area contributed by atoms with Crippen molar-refractivity contribution in [3.05, 3.63) is 12.2 Å². The minimum Gasteiger partial charge on any atom is -0.466 e. The van der Waals surface area contributed by atoms with E-state index >= 15 is 0 Å². The highest BCUT2D eigenvalue weighted by molar-refractivity contribution is 14.2. The molecule has 0 saturated carbocycles. The average Bonchev–Trinajstić information content (AvgIpc) is 2.27. The van der Waals surface area contributed by atoms with Gasteiger partial charge in [0, 0.05) is 46.8 Å². The minimum atomic E-state index is -0.336. The SMILES string of the molecule is COC(=O)/C=C/CCN(CCC(C)=O)SI. The van der Waals surface area contributed by atoms with Gasteiger partial charge in [-0.25, -0.2) is 9.10 Å². The molecular weight excluding hydrogens is 341 g/mol. The van der Waals surface area contributed by atoms with E-state index in [2.05, 4.69) is 30.2 Å². The Morgan fingerprint density at radius 2 is 2.12 bits per heavy atom. The number of methoxy groups -OCH3 is 1. The van der Waals surface area contributed by atoms with Crippen molar-refractivity contribution in [1.82, 2.24) is 4.31 Å². The monoisotopic (exact) mass is 357 g/mol. The number of halogens is 1. The molecule has 0 aromatic heterocycles. The van der Waals surface area contributed by atoms with E-state index in [1.807, 2.05) is 0 Å². The Morgan fingerprint density at radius 1 is 1.44 bits per heavy atom. The zero-order valence-corrected chi connectivity index (χ0v) is 12.4. The van der Waals surface area contributed by atoms with Crippen LogP contribution in [-0.4, -0.2) is 36.3 Å². The zero-order valence-electron chi connectivity index (χ0n) is 9.44. The first-order valence-electron chi connectivity index (χ1n) is 4.87. The summed E-state index contributed by atoms with van der Waals surface area (Å²) in [6.07, 6.45) is 4.53. The van der Waals surface area contributed by atoms with Crippen molar-refractivity contribution in [1.29, 1.82) is 0 Å². The molecule has 92 valence electrons. The summed E-state index contributed by atoms with van der Waals surface area (Å²) in [4.78, 5) is 21.6. The highest BCUT2D eigenvalue weighted by atomic mass is 127. The number of ether oxygens (including phenoxy) is 1. The van der Waals surface area contributed by atoms with Crippen LogP contribution in [0.1, 0.15) is 19.8 Å². The van der Waals surface area contributed by atoms with Gasteiger partial charge in [0.25, 0.3) is 0 Å². The van der Waals surface area contributed by atoms with Crippen molar-refractivity contribution in [3.8, 4) is 0 Å². The van der Waals surface area contributed by atoms with Gasteiger partial charge in [0.15, 0.2) is 0 Å². The fourth-order valence-electron chi connectivity index (χ4n) is 0.929. The van der Waals surface area contributed by atoms with Crippen LogP contribution in [0, 0.1) is 0 Å². The van der Waals surface area contributed by atoms with E-state index < -0.39 is 0 Å². The zero-order chi connectivity index (χ0) is 12.4. The van der Waals surface area contributed by atoms with E-state index in [1.165, 1.54) is 13.2 Å². The first-order chi connectivity index (χ1) is 7.60. The van der Waals surface area contributed by atoms with E-state index in [-0.39, 0.29) is 11.8 Å². The Labute approximate surface area is 112 Å².